The number of aliphatic carboxylic acids is 1. The molecule has 1 aromatic heterocycles. The first-order chi connectivity index (χ1) is 10.9. The number of carboxylic acid groups (broad SMARTS) is 1. The number of hydrogen-bond donors (Lipinski definition) is 2. The molecule has 128 valence electrons. The number of carbonyl (C=O) groups excluding carboxylic acids is 1. The average molecular weight is 340 g/mol. The van der Waals surface area contributed by atoms with Crippen LogP contribution in [0.5, 0.6) is 0 Å². The van der Waals surface area contributed by atoms with Crippen molar-refractivity contribution in [2.45, 2.75) is 45.2 Å². The standard InChI is InChI=1S/C16H24N2O4S/c1-12-6-9-18(15(20)11-12)8-4-3-5-14(19)17-13(16(21)22)7-10-23-2/h6,9,11,13H,3-5,7-8,10H2,1-2H3,(H,17,19)(H,21,22). The topological polar surface area (TPSA) is 88.4 Å². The molecule has 1 unspecified atom stereocenters. The van der Waals surface area contributed by atoms with Crippen molar-refractivity contribution in [2.75, 3.05) is 12.0 Å². The number of carboxylic acids is 1. The minimum Gasteiger partial charge on any atom is -0.480 e. The van der Waals surface area contributed by atoms with Crippen LogP contribution in [0.15, 0.2) is 23.1 Å². The highest BCUT2D eigenvalue weighted by Crippen LogP contribution is 2.03. The quantitative estimate of drug-likeness (QED) is 0.632. The number of carbonyl (C=O) groups is 2. The Morgan fingerprint density at radius 2 is 2.13 bits per heavy atom. The van der Waals surface area contributed by atoms with Crippen molar-refractivity contribution in [1.29, 1.82) is 0 Å². The molecule has 0 aromatic carbocycles. The molecule has 1 atom stereocenters. The summed E-state index contributed by atoms with van der Waals surface area (Å²) in [5.41, 5.74) is 0.882. The van der Waals surface area contributed by atoms with E-state index in [1.54, 1.807) is 28.6 Å². The number of pyridine rings is 1. The second-order valence-corrected chi connectivity index (χ2v) is 6.42. The van der Waals surface area contributed by atoms with Gasteiger partial charge in [-0.3, -0.25) is 9.59 Å². The lowest BCUT2D eigenvalue weighted by molar-refractivity contribution is -0.141. The van der Waals surface area contributed by atoms with E-state index >= 15 is 0 Å². The monoisotopic (exact) mass is 340 g/mol. The van der Waals surface area contributed by atoms with Gasteiger partial charge in [0.15, 0.2) is 0 Å². The molecular formula is C16H24N2O4S. The summed E-state index contributed by atoms with van der Waals surface area (Å²) in [5.74, 6) is -0.568. The number of nitrogens with one attached hydrogen (secondary N) is 1. The van der Waals surface area contributed by atoms with Gasteiger partial charge in [0.2, 0.25) is 5.91 Å². The highest BCUT2D eigenvalue weighted by molar-refractivity contribution is 7.98. The maximum atomic E-state index is 11.8. The zero-order chi connectivity index (χ0) is 17.2. The average Bonchev–Trinajstić information content (AvgIpc) is 2.49. The van der Waals surface area contributed by atoms with E-state index in [0.29, 0.717) is 31.6 Å². The fourth-order valence-corrected chi connectivity index (χ4v) is 2.59. The number of thioether (sulfide) groups is 1. The third-order valence-electron chi connectivity index (χ3n) is 3.45. The SMILES string of the molecule is CSCCC(NC(=O)CCCCn1ccc(C)cc1=O)C(=O)O. The summed E-state index contributed by atoms with van der Waals surface area (Å²) in [6.45, 7) is 2.42. The van der Waals surface area contributed by atoms with Gasteiger partial charge in [-0.1, -0.05) is 0 Å². The molecule has 0 saturated carbocycles. The van der Waals surface area contributed by atoms with Crippen molar-refractivity contribution in [2.24, 2.45) is 0 Å². The van der Waals surface area contributed by atoms with Gasteiger partial charge in [0.1, 0.15) is 6.04 Å². The molecule has 0 spiro atoms. The van der Waals surface area contributed by atoms with Crippen molar-refractivity contribution >= 4 is 23.6 Å². The van der Waals surface area contributed by atoms with Gasteiger partial charge >= 0.3 is 5.97 Å². The number of nitrogens with zero attached hydrogens (tertiary/aromatic N) is 1. The van der Waals surface area contributed by atoms with Crippen LogP contribution in [0.4, 0.5) is 0 Å². The Balaban J connectivity index is 2.32. The highest BCUT2D eigenvalue weighted by atomic mass is 32.2. The molecule has 0 aliphatic heterocycles. The lowest BCUT2D eigenvalue weighted by atomic mass is 10.2. The Bertz CT molecular complexity index is 586. The smallest absolute Gasteiger partial charge is 0.326 e. The van der Waals surface area contributed by atoms with Gasteiger partial charge in [-0.25, -0.2) is 4.79 Å². The number of unbranched alkanes of at least 4 members (excludes halogenated alkanes) is 1. The third-order valence-corrected chi connectivity index (χ3v) is 4.09. The largest absolute Gasteiger partial charge is 0.480 e. The van der Waals surface area contributed by atoms with Gasteiger partial charge < -0.3 is 15.0 Å². The maximum Gasteiger partial charge on any atom is 0.326 e. The lowest BCUT2D eigenvalue weighted by Crippen LogP contribution is -2.41. The molecule has 0 aliphatic carbocycles. The zero-order valence-electron chi connectivity index (χ0n) is 13.6. The summed E-state index contributed by atoms with van der Waals surface area (Å²) in [5, 5.41) is 11.6. The predicted octanol–water partition coefficient (Wildman–Crippen LogP) is 1.65. The van der Waals surface area contributed by atoms with Crippen LogP contribution in [0.2, 0.25) is 0 Å². The number of aryl methyl sites for hydroxylation is 2. The molecule has 0 saturated heterocycles. The van der Waals surface area contributed by atoms with Crippen LogP contribution in [-0.4, -0.2) is 39.6 Å². The van der Waals surface area contributed by atoms with Crippen molar-refractivity contribution in [1.82, 2.24) is 9.88 Å². The predicted molar refractivity (Wildman–Crippen MR) is 91.9 cm³/mol. The van der Waals surface area contributed by atoms with Crippen molar-refractivity contribution in [3.8, 4) is 0 Å². The van der Waals surface area contributed by atoms with Crippen LogP contribution >= 0.6 is 11.8 Å². The Kier molecular flexibility index (Phi) is 8.47. The number of amides is 1. The normalized spacial score (nSPS) is 11.9. The minimum absolute atomic E-state index is 0.0440. The van der Waals surface area contributed by atoms with E-state index in [1.165, 1.54) is 0 Å². The minimum atomic E-state index is -1.00. The molecule has 0 bridgehead atoms. The molecular weight excluding hydrogens is 316 g/mol. The Hall–Kier alpha value is -1.76. The van der Waals surface area contributed by atoms with E-state index < -0.39 is 12.0 Å². The molecule has 0 fully saturated rings. The van der Waals surface area contributed by atoms with Crippen molar-refractivity contribution < 1.29 is 14.7 Å². The molecule has 23 heavy (non-hydrogen) atoms. The number of aromatic nitrogens is 1. The van der Waals surface area contributed by atoms with E-state index in [2.05, 4.69) is 5.32 Å². The van der Waals surface area contributed by atoms with E-state index in [0.717, 1.165) is 5.56 Å². The molecule has 1 heterocycles. The van der Waals surface area contributed by atoms with Gasteiger partial charge in [0.25, 0.3) is 5.56 Å². The Labute approximate surface area is 140 Å². The van der Waals surface area contributed by atoms with Crippen LogP contribution < -0.4 is 10.9 Å². The molecule has 1 rings (SSSR count). The van der Waals surface area contributed by atoms with Gasteiger partial charge in [-0.05, 0) is 49.8 Å². The first-order valence-electron chi connectivity index (χ1n) is 7.62. The summed E-state index contributed by atoms with van der Waals surface area (Å²) in [6.07, 6.45) is 5.64. The van der Waals surface area contributed by atoms with E-state index in [4.69, 9.17) is 5.11 Å². The second-order valence-electron chi connectivity index (χ2n) is 5.43. The molecule has 1 aromatic rings. The van der Waals surface area contributed by atoms with Crippen molar-refractivity contribution in [3.05, 3.63) is 34.2 Å². The van der Waals surface area contributed by atoms with Crippen LogP contribution in [0, 0.1) is 6.92 Å². The molecule has 0 radical (unpaired) electrons. The van der Waals surface area contributed by atoms with Crippen LogP contribution in [0.25, 0.3) is 0 Å². The first kappa shape index (κ1) is 19.3. The van der Waals surface area contributed by atoms with Gasteiger partial charge in [-0.15, -0.1) is 0 Å². The molecule has 2 N–H and O–H groups in total. The maximum absolute atomic E-state index is 11.8. The molecule has 0 aliphatic rings. The Morgan fingerprint density at radius 3 is 2.74 bits per heavy atom. The Morgan fingerprint density at radius 1 is 1.39 bits per heavy atom. The molecule has 1 amide bonds. The van der Waals surface area contributed by atoms with Crippen LogP contribution in [0.3, 0.4) is 0 Å². The summed E-state index contributed by atoms with van der Waals surface area (Å²) in [7, 11) is 0. The number of rotatable bonds is 10. The first-order valence-corrected chi connectivity index (χ1v) is 9.01. The highest BCUT2D eigenvalue weighted by Gasteiger charge is 2.18. The summed E-state index contributed by atoms with van der Waals surface area (Å²) >= 11 is 1.55. The molecule has 7 heteroatoms. The number of hydrogen-bond acceptors (Lipinski definition) is 4. The summed E-state index contributed by atoms with van der Waals surface area (Å²) in [4.78, 5) is 34.6. The van der Waals surface area contributed by atoms with E-state index in [1.807, 2.05) is 19.2 Å². The fraction of sp³-hybridized carbons (Fsp3) is 0.562. The third kappa shape index (κ3) is 7.36. The van der Waals surface area contributed by atoms with Crippen LogP contribution in [-0.2, 0) is 16.1 Å². The zero-order valence-corrected chi connectivity index (χ0v) is 14.4. The second kappa shape index (κ2) is 10.1. The van der Waals surface area contributed by atoms with E-state index in [-0.39, 0.29) is 17.9 Å². The fourth-order valence-electron chi connectivity index (χ4n) is 2.12. The van der Waals surface area contributed by atoms with Gasteiger partial charge in [0.05, 0.1) is 0 Å². The summed E-state index contributed by atoms with van der Waals surface area (Å²) < 4.78 is 1.61. The van der Waals surface area contributed by atoms with Gasteiger partial charge in [-0.2, -0.15) is 11.8 Å². The summed E-state index contributed by atoms with van der Waals surface area (Å²) in [6, 6.07) is 2.63. The van der Waals surface area contributed by atoms with Gasteiger partial charge in [0, 0.05) is 25.2 Å². The van der Waals surface area contributed by atoms with Crippen LogP contribution in [0.1, 0.15) is 31.2 Å². The van der Waals surface area contributed by atoms with Crippen molar-refractivity contribution in [3.63, 3.8) is 0 Å². The van der Waals surface area contributed by atoms with E-state index in [9.17, 15) is 14.4 Å². The lowest BCUT2D eigenvalue weighted by Gasteiger charge is -2.14. The molecule has 6 nitrogen and oxygen atoms in total.